The first-order valence-corrected chi connectivity index (χ1v) is 12.9. The highest BCUT2D eigenvalue weighted by Gasteiger charge is 2.40. The molecule has 0 saturated carbocycles. The van der Waals surface area contributed by atoms with E-state index in [-0.39, 0.29) is 17.7 Å². The number of carbonyl (C=O) groups is 3. The Morgan fingerprint density at radius 3 is 1.94 bits per heavy atom. The summed E-state index contributed by atoms with van der Waals surface area (Å²) in [5, 5.41) is 18.8. The zero-order valence-corrected chi connectivity index (χ0v) is 23.6. The number of amides is 2. The maximum Gasteiger partial charge on any atom is 0.331 e. The number of likely N-dealkylation sites (N-methyl/N-ethyl adjacent to an activating group) is 1. The van der Waals surface area contributed by atoms with E-state index in [0.717, 1.165) is 18.4 Å². The van der Waals surface area contributed by atoms with E-state index in [1.165, 1.54) is 0 Å². The zero-order chi connectivity index (χ0) is 27.7. The first-order valence-electron chi connectivity index (χ1n) is 12.9. The van der Waals surface area contributed by atoms with Crippen LogP contribution in [0.5, 0.6) is 0 Å². The summed E-state index contributed by atoms with van der Waals surface area (Å²) < 4.78 is 0. The van der Waals surface area contributed by atoms with Crippen LogP contribution in [0.3, 0.4) is 0 Å². The molecular formula is C29H47N3O4. The normalized spacial score (nSPS) is 15.2. The highest BCUT2D eigenvalue weighted by Crippen LogP contribution is 2.28. The van der Waals surface area contributed by atoms with E-state index in [4.69, 9.17) is 0 Å². The molecule has 0 spiro atoms. The predicted molar refractivity (Wildman–Crippen MR) is 146 cm³/mol. The monoisotopic (exact) mass is 501 g/mol. The fourth-order valence-electron chi connectivity index (χ4n) is 4.25. The van der Waals surface area contributed by atoms with Crippen molar-refractivity contribution in [3.05, 3.63) is 47.5 Å². The number of aliphatic carboxylic acids is 1. The Bertz CT molecular complexity index is 901. The number of hydrogen-bond donors (Lipinski definition) is 4. The number of unbranched alkanes of at least 4 members (excludes halogenated alkanes) is 1. The lowest BCUT2D eigenvalue weighted by Crippen LogP contribution is -2.61. The first-order chi connectivity index (χ1) is 16.7. The van der Waals surface area contributed by atoms with Crippen molar-refractivity contribution in [2.45, 2.75) is 98.2 Å². The van der Waals surface area contributed by atoms with E-state index in [1.807, 2.05) is 85.7 Å². The van der Waals surface area contributed by atoms with Crippen molar-refractivity contribution in [1.29, 1.82) is 0 Å². The average Bonchev–Trinajstić information content (AvgIpc) is 2.79. The molecule has 7 nitrogen and oxygen atoms in total. The Labute approximate surface area is 217 Å². The molecule has 0 aliphatic carbocycles. The van der Waals surface area contributed by atoms with E-state index < -0.39 is 34.9 Å². The summed E-state index contributed by atoms with van der Waals surface area (Å²) in [5.74, 6) is -1.60. The van der Waals surface area contributed by atoms with Crippen molar-refractivity contribution in [2.75, 3.05) is 7.05 Å². The summed E-state index contributed by atoms with van der Waals surface area (Å²) in [6.07, 6.45) is 3.74. The lowest BCUT2D eigenvalue weighted by atomic mass is 9.76. The third-order valence-corrected chi connectivity index (χ3v) is 6.69. The molecule has 1 rings (SSSR count). The van der Waals surface area contributed by atoms with Gasteiger partial charge in [0, 0.05) is 11.0 Å². The number of nitrogens with one attached hydrogen (secondary N) is 3. The number of hydrogen-bond acceptors (Lipinski definition) is 4. The third kappa shape index (κ3) is 8.77. The average molecular weight is 502 g/mol. The van der Waals surface area contributed by atoms with Gasteiger partial charge in [-0.2, -0.15) is 0 Å². The van der Waals surface area contributed by atoms with Crippen LogP contribution < -0.4 is 16.0 Å². The molecule has 7 heteroatoms. The fraction of sp³-hybridized carbons (Fsp3) is 0.621. The second-order valence-electron chi connectivity index (χ2n) is 11.5. The van der Waals surface area contributed by atoms with Crippen LogP contribution >= 0.6 is 0 Å². The summed E-state index contributed by atoms with van der Waals surface area (Å²) in [4.78, 5) is 38.8. The molecule has 0 heterocycles. The van der Waals surface area contributed by atoms with E-state index in [1.54, 1.807) is 13.1 Å². The van der Waals surface area contributed by atoms with Crippen molar-refractivity contribution >= 4 is 17.8 Å². The van der Waals surface area contributed by atoms with E-state index in [2.05, 4.69) is 16.0 Å². The van der Waals surface area contributed by atoms with Gasteiger partial charge in [0.05, 0.1) is 12.1 Å². The minimum Gasteiger partial charge on any atom is -0.478 e. The van der Waals surface area contributed by atoms with Gasteiger partial charge in [0.15, 0.2) is 0 Å². The largest absolute Gasteiger partial charge is 0.478 e. The van der Waals surface area contributed by atoms with Gasteiger partial charge in [-0.25, -0.2) is 4.79 Å². The van der Waals surface area contributed by atoms with E-state index in [0.29, 0.717) is 12.0 Å². The number of carbonyl (C=O) groups excluding carboxylic acids is 2. The lowest BCUT2D eigenvalue weighted by Gasteiger charge is -2.37. The Morgan fingerprint density at radius 1 is 0.944 bits per heavy atom. The third-order valence-electron chi connectivity index (χ3n) is 6.69. The second kappa shape index (κ2) is 13.6. The van der Waals surface area contributed by atoms with Crippen molar-refractivity contribution < 1.29 is 19.5 Å². The van der Waals surface area contributed by atoms with Gasteiger partial charge in [-0.1, -0.05) is 98.2 Å². The number of benzene rings is 1. The maximum atomic E-state index is 13.5. The molecule has 2 amide bonds. The maximum absolute atomic E-state index is 13.5. The van der Waals surface area contributed by atoms with Crippen LogP contribution in [0.2, 0.25) is 0 Å². The van der Waals surface area contributed by atoms with Crippen LogP contribution in [-0.2, 0) is 19.8 Å². The smallest absolute Gasteiger partial charge is 0.331 e. The SMILES string of the molecule is CCCCC(=C[C@@H](NC(=O)[C@@H](NC(=O)[C@@H](NC)C(C)(C)c1ccccc1)C(C)(C)C)C(C)C)C(=O)O. The van der Waals surface area contributed by atoms with Crippen molar-refractivity contribution in [3.63, 3.8) is 0 Å². The van der Waals surface area contributed by atoms with Gasteiger partial charge in [-0.05, 0) is 36.8 Å². The summed E-state index contributed by atoms with van der Waals surface area (Å²) in [5.41, 5.74) is 0.206. The van der Waals surface area contributed by atoms with Crippen LogP contribution in [-0.4, -0.2) is 48.1 Å². The summed E-state index contributed by atoms with van der Waals surface area (Å²) in [7, 11) is 1.74. The molecule has 0 fully saturated rings. The van der Waals surface area contributed by atoms with Gasteiger partial charge < -0.3 is 21.1 Å². The van der Waals surface area contributed by atoms with Crippen LogP contribution in [0.25, 0.3) is 0 Å². The van der Waals surface area contributed by atoms with Crippen molar-refractivity contribution in [1.82, 2.24) is 16.0 Å². The number of carboxylic acid groups (broad SMARTS) is 1. The lowest BCUT2D eigenvalue weighted by molar-refractivity contribution is -0.133. The standard InChI is InChI=1S/C29H47N3O4/c1-10-11-15-20(27(35)36)18-22(19(2)3)31-25(33)23(28(4,5)6)32-26(34)24(30-9)29(7,8)21-16-13-12-14-17-21/h12-14,16-19,22-24,30H,10-11,15H2,1-9H3,(H,31,33)(H,32,34)(H,35,36)/t22-,23-,24-/m1/s1. The summed E-state index contributed by atoms with van der Waals surface area (Å²) >= 11 is 0. The number of rotatable bonds is 13. The molecule has 0 saturated heterocycles. The molecule has 1 aromatic carbocycles. The topological polar surface area (TPSA) is 108 Å². The fourth-order valence-corrected chi connectivity index (χ4v) is 4.25. The molecule has 4 N–H and O–H groups in total. The zero-order valence-electron chi connectivity index (χ0n) is 23.6. The summed E-state index contributed by atoms with van der Waals surface area (Å²) in [6.45, 7) is 15.6. The Morgan fingerprint density at radius 2 is 1.50 bits per heavy atom. The molecule has 202 valence electrons. The van der Waals surface area contributed by atoms with Crippen LogP contribution in [0.4, 0.5) is 0 Å². The summed E-state index contributed by atoms with van der Waals surface area (Å²) in [6, 6.07) is 7.94. The highest BCUT2D eigenvalue weighted by atomic mass is 16.4. The molecule has 0 aliphatic heterocycles. The van der Waals surface area contributed by atoms with Gasteiger partial charge >= 0.3 is 5.97 Å². The minimum atomic E-state index is -0.968. The van der Waals surface area contributed by atoms with Gasteiger partial charge in [0.1, 0.15) is 6.04 Å². The van der Waals surface area contributed by atoms with Crippen LogP contribution in [0, 0.1) is 11.3 Å². The molecule has 0 aromatic heterocycles. The van der Waals surface area contributed by atoms with E-state index in [9.17, 15) is 19.5 Å². The van der Waals surface area contributed by atoms with Gasteiger partial charge in [0.2, 0.25) is 11.8 Å². The Hall–Kier alpha value is -2.67. The van der Waals surface area contributed by atoms with Crippen molar-refractivity contribution in [2.24, 2.45) is 11.3 Å². The molecule has 36 heavy (non-hydrogen) atoms. The predicted octanol–water partition coefficient (Wildman–Crippen LogP) is 4.43. The van der Waals surface area contributed by atoms with E-state index >= 15 is 0 Å². The van der Waals surface area contributed by atoms with Gasteiger partial charge in [-0.3, -0.25) is 9.59 Å². The molecule has 0 aliphatic rings. The van der Waals surface area contributed by atoms with Crippen LogP contribution in [0.1, 0.15) is 80.2 Å². The Balaban J connectivity index is 3.21. The quantitative estimate of drug-likeness (QED) is 0.299. The number of carboxylic acids is 1. The molecule has 0 bridgehead atoms. The van der Waals surface area contributed by atoms with Gasteiger partial charge in [-0.15, -0.1) is 0 Å². The Kier molecular flexibility index (Phi) is 11.8. The first kappa shape index (κ1) is 31.4. The second-order valence-corrected chi connectivity index (χ2v) is 11.5. The van der Waals surface area contributed by atoms with Crippen molar-refractivity contribution in [3.8, 4) is 0 Å². The van der Waals surface area contributed by atoms with Crippen LogP contribution in [0.15, 0.2) is 42.0 Å². The highest BCUT2D eigenvalue weighted by molar-refractivity contribution is 5.91. The molecule has 0 unspecified atom stereocenters. The molecular weight excluding hydrogens is 454 g/mol. The van der Waals surface area contributed by atoms with Gasteiger partial charge in [0.25, 0.3) is 0 Å². The molecule has 0 radical (unpaired) electrons. The molecule has 1 aromatic rings. The molecule has 3 atom stereocenters. The minimum absolute atomic E-state index is 0.0247.